The van der Waals surface area contributed by atoms with E-state index in [1.54, 1.807) is 0 Å². The third kappa shape index (κ3) is 2.02. The fourth-order valence-electron chi connectivity index (χ4n) is 2.43. The summed E-state index contributed by atoms with van der Waals surface area (Å²) in [5, 5.41) is 0. The Morgan fingerprint density at radius 3 is 2.70 bits per heavy atom. The lowest BCUT2D eigenvalue weighted by molar-refractivity contribution is 0.343. The Morgan fingerprint density at radius 1 is 1.15 bits per heavy atom. The van der Waals surface area contributed by atoms with Crippen molar-refractivity contribution in [2.24, 2.45) is 0 Å². The number of hydrogen-bond donors (Lipinski definition) is 1. The zero-order valence-electron chi connectivity index (χ0n) is 11.5. The largest absolute Gasteiger partial charge is 0.492 e. The van der Waals surface area contributed by atoms with E-state index in [9.17, 15) is 0 Å². The van der Waals surface area contributed by atoms with E-state index >= 15 is 0 Å². The van der Waals surface area contributed by atoms with Gasteiger partial charge >= 0.3 is 0 Å². The van der Waals surface area contributed by atoms with Crippen LogP contribution < -0.4 is 4.74 Å². The first-order chi connectivity index (χ1) is 9.72. The Labute approximate surface area is 122 Å². The zero-order chi connectivity index (χ0) is 14.1. The lowest BCUT2D eigenvalue weighted by Gasteiger charge is -2.09. The van der Waals surface area contributed by atoms with Gasteiger partial charge < -0.3 is 9.72 Å². The van der Waals surface area contributed by atoms with Crippen LogP contribution in [0.5, 0.6) is 5.75 Å². The molecule has 2 aromatic carbocycles. The highest BCUT2D eigenvalue weighted by atomic mass is 32.1. The number of aromatic amines is 1. The van der Waals surface area contributed by atoms with Crippen LogP contribution >= 0.6 is 12.2 Å². The van der Waals surface area contributed by atoms with E-state index in [4.69, 9.17) is 17.0 Å². The molecule has 0 radical (unpaired) electrons. The van der Waals surface area contributed by atoms with Gasteiger partial charge in [-0.15, -0.1) is 0 Å². The predicted octanol–water partition coefficient (Wildman–Crippen LogP) is 4.40. The molecule has 4 heteroatoms. The van der Waals surface area contributed by atoms with Crippen molar-refractivity contribution < 1.29 is 4.74 Å². The molecule has 0 bridgehead atoms. The maximum Gasteiger partial charge on any atom is 0.182 e. The number of fused-ring (bicyclic) bond motifs is 1. The first kappa shape index (κ1) is 12.9. The number of aromatic nitrogens is 2. The molecule has 0 spiro atoms. The van der Waals surface area contributed by atoms with Crippen molar-refractivity contribution in [2.75, 3.05) is 6.61 Å². The van der Waals surface area contributed by atoms with Crippen molar-refractivity contribution in [3.05, 3.63) is 52.8 Å². The molecule has 0 atom stereocenters. The number of para-hydroxylation sites is 2. The third-order valence-electron chi connectivity index (χ3n) is 3.34. The van der Waals surface area contributed by atoms with E-state index in [1.807, 2.05) is 31.2 Å². The van der Waals surface area contributed by atoms with Gasteiger partial charge in [-0.05, 0) is 49.8 Å². The van der Waals surface area contributed by atoms with Crippen LogP contribution in [0.3, 0.4) is 0 Å². The molecule has 1 N–H and O–H groups in total. The molecule has 0 aliphatic carbocycles. The summed E-state index contributed by atoms with van der Waals surface area (Å²) in [7, 11) is 0. The number of nitrogens with one attached hydrogen (secondary N) is 1. The van der Waals surface area contributed by atoms with E-state index in [1.165, 1.54) is 5.56 Å². The van der Waals surface area contributed by atoms with Gasteiger partial charge in [0.1, 0.15) is 11.3 Å². The van der Waals surface area contributed by atoms with Crippen LogP contribution in [0.25, 0.3) is 16.7 Å². The summed E-state index contributed by atoms with van der Waals surface area (Å²) in [6.07, 6.45) is 0. The molecule has 0 saturated carbocycles. The van der Waals surface area contributed by atoms with Gasteiger partial charge in [0.2, 0.25) is 0 Å². The van der Waals surface area contributed by atoms with Gasteiger partial charge in [-0.2, -0.15) is 0 Å². The Kier molecular flexibility index (Phi) is 3.32. The van der Waals surface area contributed by atoms with Crippen LogP contribution in [0.15, 0.2) is 42.5 Å². The first-order valence-corrected chi connectivity index (χ1v) is 7.05. The number of H-pyrrole nitrogens is 1. The van der Waals surface area contributed by atoms with Crippen LogP contribution in [0.2, 0.25) is 0 Å². The molecule has 0 aliphatic heterocycles. The monoisotopic (exact) mass is 284 g/mol. The zero-order valence-corrected chi connectivity index (χ0v) is 12.3. The molecule has 1 aromatic heterocycles. The lowest BCUT2D eigenvalue weighted by atomic mass is 10.2. The topological polar surface area (TPSA) is 29.9 Å². The number of rotatable bonds is 3. The van der Waals surface area contributed by atoms with Gasteiger partial charge in [-0.3, -0.25) is 4.57 Å². The molecular weight excluding hydrogens is 268 g/mol. The van der Waals surface area contributed by atoms with Gasteiger partial charge in [-0.1, -0.05) is 24.3 Å². The Balaban J connectivity index is 2.33. The summed E-state index contributed by atoms with van der Waals surface area (Å²) >= 11 is 5.49. The molecule has 0 saturated heterocycles. The number of hydrogen-bond acceptors (Lipinski definition) is 2. The molecule has 1 heterocycles. The summed E-state index contributed by atoms with van der Waals surface area (Å²) in [5.74, 6) is 0.837. The highest BCUT2D eigenvalue weighted by Crippen LogP contribution is 2.28. The van der Waals surface area contributed by atoms with E-state index in [0.717, 1.165) is 22.5 Å². The van der Waals surface area contributed by atoms with Crippen molar-refractivity contribution >= 4 is 23.3 Å². The van der Waals surface area contributed by atoms with Crippen LogP contribution in [0.4, 0.5) is 0 Å². The average Bonchev–Trinajstić information content (AvgIpc) is 2.77. The molecule has 3 aromatic rings. The second-order valence-corrected chi connectivity index (χ2v) is 5.02. The van der Waals surface area contributed by atoms with Gasteiger partial charge in [0.25, 0.3) is 0 Å². The molecule has 20 heavy (non-hydrogen) atoms. The van der Waals surface area contributed by atoms with Crippen LogP contribution in [-0.2, 0) is 0 Å². The van der Waals surface area contributed by atoms with Crippen molar-refractivity contribution in [3.63, 3.8) is 0 Å². The molecule has 3 rings (SSSR count). The molecule has 0 fully saturated rings. The summed E-state index contributed by atoms with van der Waals surface area (Å²) in [4.78, 5) is 3.26. The molecule has 102 valence electrons. The van der Waals surface area contributed by atoms with E-state index < -0.39 is 0 Å². The van der Waals surface area contributed by atoms with Crippen molar-refractivity contribution in [2.45, 2.75) is 13.8 Å². The van der Waals surface area contributed by atoms with Crippen molar-refractivity contribution in [1.29, 1.82) is 0 Å². The summed E-state index contributed by atoms with van der Waals surface area (Å²) in [6, 6.07) is 14.2. The van der Waals surface area contributed by atoms with Gasteiger partial charge in [-0.25, -0.2) is 0 Å². The number of imidazole rings is 1. The number of ether oxygens (including phenoxy) is 1. The second kappa shape index (κ2) is 5.13. The Bertz CT molecular complexity index is 817. The molecule has 0 aliphatic rings. The van der Waals surface area contributed by atoms with Crippen LogP contribution in [-0.4, -0.2) is 16.2 Å². The summed E-state index contributed by atoms with van der Waals surface area (Å²) in [6.45, 7) is 4.70. The minimum atomic E-state index is 0.634. The fraction of sp³-hybridized carbons (Fsp3) is 0.188. The smallest absolute Gasteiger partial charge is 0.182 e. The Morgan fingerprint density at radius 2 is 1.95 bits per heavy atom. The maximum atomic E-state index is 5.66. The van der Waals surface area contributed by atoms with Crippen molar-refractivity contribution in [3.8, 4) is 11.4 Å². The van der Waals surface area contributed by atoms with E-state index in [-0.39, 0.29) is 0 Å². The van der Waals surface area contributed by atoms with Crippen LogP contribution in [0.1, 0.15) is 12.5 Å². The molecule has 0 unspecified atom stereocenters. The minimum absolute atomic E-state index is 0.634. The highest BCUT2D eigenvalue weighted by molar-refractivity contribution is 7.71. The van der Waals surface area contributed by atoms with E-state index in [2.05, 4.69) is 34.7 Å². The van der Waals surface area contributed by atoms with Gasteiger partial charge in [0.05, 0.1) is 17.8 Å². The number of benzene rings is 2. The Hall–Kier alpha value is -2.07. The van der Waals surface area contributed by atoms with Gasteiger partial charge in [0, 0.05) is 0 Å². The normalized spacial score (nSPS) is 10.9. The van der Waals surface area contributed by atoms with Crippen molar-refractivity contribution in [1.82, 2.24) is 9.55 Å². The average molecular weight is 284 g/mol. The van der Waals surface area contributed by atoms with E-state index in [0.29, 0.717) is 11.4 Å². The standard InChI is InChI=1S/C16H16N2OS/c1-3-19-14-10-6-9-13-15(14)17-16(20)18(13)12-8-5-4-7-11(12)2/h4-10H,3H2,1-2H3,(H,17,20). The number of nitrogens with zero attached hydrogens (tertiary/aromatic N) is 1. The summed E-state index contributed by atoms with van der Waals surface area (Å²) < 4.78 is 8.40. The van der Waals surface area contributed by atoms with Gasteiger partial charge in [0.15, 0.2) is 4.77 Å². The quantitative estimate of drug-likeness (QED) is 0.723. The maximum absolute atomic E-state index is 5.66. The summed E-state index contributed by atoms with van der Waals surface area (Å²) in [5.41, 5.74) is 4.27. The number of aryl methyl sites for hydroxylation is 1. The lowest BCUT2D eigenvalue weighted by Crippen LogP contribution is -1.97. The minimum Gasteiger partial charge on any atom is -0.492 e. The first-order valence-electron chi connectivity index (χ1n) is 6.65. The highest BCUT2D eigenvalue weighted by Gasteiger charge is 2.11. The second-order valence-electron chi connectivity index (χ2n) is 4.64. The van der Waals surface area contributed by atoms with Crippen LogP contribution in [0, 0.1) is 11.7 Å². The fourth-order valence-corrected chi connectivity index (χ4v) is 2.73. The molecular formula is C16H16N2OS. The third-order valence-corrected chi connectivity index (χ3v) is 3.62. The molecule has 3 nitrogen and oxygen atoms in total. The SMILES string of the molecule is CCOc1cccc2c1[nH]c(=S)n2-c1ccccc1C. The molecule has 0 amide bonds. The predicted molar refractivity (Wildman–Crippen MR) is 84.4 cm³/mol.